The summed E-state index contributed by atoms with van der Waals surface area (Å²) in [4.78, 5) is 10.9. The molecule has 0 bridgehead atoms. The first-order chi connectivity index (χ1) is 11.6. The van der Waals surface area contributed by atoms with Crippen molar-refractivity contribution in [3.05, 3.63) is 35.4 Å². The van der Waals surface area contributed by atoms with Gasteiger partial charge in [0.15, 0.2) is 0 Å². The number of unbranched alkanes of at least 4 members (excludes halogenated alkanes) is 8. The van der Waals surface area contributed by atoms with Gasteiger partial charge in [-0.05, 0) is 25.3 Å². The number of carbonyl (C=O) groups excluding carboxylic acids is 1. The van der Waals surface area contributed by atoms with Crippen LogP contribution in [0.1, 0.15) is 82.3 Å². The third kappa shape index (κ3) is 9.33. The lowest BCUT2D eigenvalue weighted by Gasteiger charge is -2.08. The van der Waals surface area contributed by atoms with E-state index in [9.17, 15) is 4.79 Å². The van der Waals surface area contributed by atoms with Crippen molar-refractivity contribution in [1.29, 1.82) is 0 Å². The van der Waals surface area contributed by atoms with Crippen LogP contribution in [0.4, 0.5) is 4.79 Å². The Morgan fingerprint density at radius 2 is 1.50 bits per heavy atom. The van der Waals surface area contributed by atoms with Gasteiger partial charge in [0.25, 0.3) is 0 Å². The minimum absolute atomic E-state index is 0.619. The molecule has 0 aromatic heterocycles. The van der Waals surface area contributed by atoms with Crippen LogP contribution in [0, 0.1) is 6.92 Å². The van der Waals surface area contributed by atoms with Crippen LogP contribution in [0.2, 0.25) is 0 Å². The number of nitrogens with two attached hydrogens (primary N) is 1. The number of hydrogen-bond acceptors (Lipinski definition) is 2. The van der Waals surface area contributed by atoms with Gasteiger partial charge >= 0.3 is 6.03 Å². The maximum atomic E-state index is 10.9. The smallest absolute Gasteiger partial charge is 0.332 e. The molecule has 0 unspecified atom stereocenters. The van der Waals surface area contributed by atoms with Crippen LogP contribution in [0.15, 0.2) is 29.4 Å². The molecular weight excluding hydrogens is 298 g/mol. The van der Waals surface area contributed by atoms with Crippen molar-refractivity contribution in [3.8, 4) is 0 Å². The highest BCUT2D eigenvalue weighted by Crippen LogP contribution is 2.13. The van der Waals surface area contributed by atoms with Gasteiger partial charge in [-0.25, -0.2) is 10.2 Å². The molecule has 0 heterocycles. The fourth-order valence-electron chi connectivity index (χ4n) is 2.74. The fourth-order valence-corrected chi connectivity index (χ4v) is 2.74. The number of hydrazone groups is 1. The van der Waals surface area contributed by atoms with Gasteiger partial charge in [0.05, 0.1) is 5.71 Å². The molecule has 134 valence electrons. The van der Waals surface area contributed by atoms with Crippen molar-refractivity contribution in [2.24, 2.45) is 10.8 Å². The van der Waals surface area contributed by atoms with Crippen molar-refractivity contribution in [2.75, 3.05) is 0 Å². The molecule has 0 spiro atoms. The predicted octanol–water partition coefficient (Wildman–Crippen LogP) is 5.29. The minimum Gasteiger partial charge on any atom is -0.350 e. The topological polar surface area (TPSA) is 67.5 Å². The van der Waals surface area contributed by atoms with E-state index in [1.807, 2.05) is 12.1 Å². The molecule has 3 N–H and O–H groups in total. The zero-order chi connectivity index (χ0) is 17.6. The average molecular weight is 332 g/mol. The number of hydrogen-bond donors (Lipinski definition) is 2. The standard InChI is InChI=1S/C20H33N3O/c1-3-4-5-6-7-8-9-10-11-12-19(22-23-20(21)24)18-15-13-17(2)14-16-18/h13-16H,3-12H2,1-2H3,(H3,21,23,24)/b22-19+. The first kappa shape index (κ1) is 20.2. The lowest BCUT2D eigenvalue weighted by Crippen LogP contribution is -2.26. The zero-order valence-electron chi connectivity index (χ0n) is 15.3. The monoisotopic (exact) mass is 331 g/mol. The molecule has 0 saturated heterocycles. The number of primary amides is 1. The maximum absolute atomic E-state index is 10.9. The third-order valence-electron chi connectivity index (χ3n) is 4.20. The zero-order valence-corrected chi connectivity index (χ0v) is 15.3. The van der Waals surface area contributed by atoms with E-state index in [-0.39, 0.29) is 0 Å². The van der Waals surface area contributed by atoms with Crippen molar-refractivity contribution in [3.63, 3.8) is 0 Å². The van der Waals surface area contributed by atoms with E-state index >= 15 is 0 Å². The molecule has 1 aromatic carbocycles. The molecule has 2 amide bonds. The van der Waals surface area contributed by atoms with Crippen molar-refractivity contribution in [2.45, 2.75) is 78.1 Å². The highest BCUT2D eigenvalue weighted by Gasteiger charge is 2.05. The molecule has 0 fully saturated rings. The molecule has 0 aliphatic heterocycles. The van der Waals surface area contributed by atoms with Crippen LogP contribution >= 0.6 is 0 Å². The molecule has 1 rings (SSSR count). The summed E-state index contributed by atoms with van der Waals surface area (Å²) >= 11 is 0. The van der Waals surface area contributed by atoms with Crippen molar-refractivity contribution in [1.82, 2.24) is 5.43 Å². The van der Waals surface area contributed by atoms with Gasteiger partial charge in [-0.3, -0.25) is 0 Å². The molecule has 0 radical (unpaired) electrons. The Labute approximate surface area is 146 Å². The Balaban J connectivity index is 2.34. The molecule has 0 aliphatic carbocycles. The van der Waals surface area contributed by atoms with Crippen molar-refractivity contribution >= 4 is 11.7 Å². The molecule has 0 atom stereocenters. The van der Waals surface area contributed by atoms with Gasteiger partial charge in [0, 0.05) is 0 Å². The summed E-state index contributed by atoms with van der Waals surface area (Å²) < 4.78 is 0. The first-order valence-corrected chi connectivity index (χ1v) is 9.32. The molecular formula is C20H33N3O. The van der Waals surface area contributed by atoms with E-state index in [1.165, 1.54) is 56.9 Å². The van der Waals surface area contributed by atoms with Gasteiger partial charge in [0.2, 0.25) is 0 Å². The van der Waals surface area contributed by atoms with E-state index in [2.05, 4.69) is 36.5 Å². The molecule has 0 aliphatic rings. The normalized spacial score (nSPS) is 11.5. The molecule has 24 heavy (non-hydrogen) atoms. The summed E-state index contributed by atoms with van der Waals surface area (Å²) in [5, 5.41) is 4.18. The lowest BCUT2D eigenvalue weighted by atomic mass is 10.0. The van der Waals surface area contributed by atoms with E-state index in [1.54, 1.807) is 0 Å². The SMILES string of the molecule is CCCCCCCCCCC/C(=N\NC(N)=O)c1ccc(C)cc1. The molecule has 4 nitrogen and oxygen atoms in total. The number of aryl methyl sites for hydroxylation is 1. The summed E-state index contributed by atoms with van der Waals surface area (Å²) in [6.45, 7) is 4.31. The van der Waals surface area contributed by atoms with Gasteiger partial charge in [-0.1, -0.05) is 88.1 Å². The number of nitrogens with one attached hydrogen (secondary N) is 1. The average Bonchev–Trinajstić information content (AvgIpc) is 2.57. The third-order valence-corrected chi connectivity index (χ3v) is 4.20. The van der Waals surface area contributed by atoms with Gasteiger partial charge in [-0.15, -0.1) is 0 Å². The van der Waals surface area contributed by atoms with Crippen LogP contribution < -0.4 is 11.2 Å². The minimum atomic E-state index is -0.619. The van der Waals surface area contributed by atoms with Gasteiger partial charge < -0.3 is 5.73 Å². The number of urea groups is 1. The van der Waals surface area contributed by atoms with E-state index < -0.39 is 6.03 Å². The number of nitrogens with zero attached hydrogens (tertiary/aromatic N) is 1. The van der Waals surface area contributed by atoms with Crippen molar-refractivity contribution < 1.29 is 4.79 Å². The number of benzene rings is 1. The second-order valence-electron chi connectivity index (χ2n) is 6.48. The highest BCUT2D eigenvalue weighted by molar-refractivity contribution is 6.01. The molecule has 1 aromatic rings. The lowest BCUT2D eigenvalue weighted by molar-refractivity contribution is 0.249. The van der Waals surface area contributed by atoms with Crippen LogP contribution in [-0.4, -0.2) is 11.7 Å². The number of rotatable bonds is 12. The Kier molecular flexibility index (Phi) is 10.6. The van der Waals surface area contributed by atoms with Crippen LogP contribution in [0.25, 0.3) is 0 Å². The van der Waals surface area contributed by atoms with Crippen LogP contribution in [-0.2, 0) is 0 Å². The molecule has 4 heteroatoms. The van der Waals surface area contributed by atoms with E-state index in [0.717, 1.165) is 24.1 Å². The second kappa shape index (κ2) is 12.6. The quantitative estimate of drug-likeness (QED) is 0.305. The van der Waals surface area contributed by atoms with Gasteiger partial charge in [-0.2, -0.15) is 5.10 Å². The van der Waals surface area contributed by atoms with Crippen LogP contribution in [0.3, 0.4) is 0 Å². The Hall–Kier alpha value is -1.84. The Morgan fingerprint density at radius 3 is 2.04 bits per heavy atom. The highest BCUT2D eigenvalue weighted by atomic mass is 16.2. The molecule has 0 saturated carbocycles. The maximum Gasteiger partial charge on any atom is 0.332 e. The van der Waals surface area contributed by atoms with Gasteiger partial charge in [0.1, 0.15) is 0 Å². The summed E-state index contributed by atoms with van der Waals surface area (Å²) in [5.41, 5.74) is 10.7. The largest absolute Gasteiger partial charge is 0.350 e. The Morgan fingerprint density at radius 1 is 0.958 bits per heavy atom. The number of carbonyl (C=O) groups is 1. The summed E-state index contributed by atoms with van der Waals surface area (Å²) in [5.74, 6) is 0. The van der Waals surface area contributed by atoms with Crippen LogP contribution in [0.5, 0.6) is 0 Å². The first-order valence-electron chi connectivity index (χ1n) is 9.32. The summed E-state index contributed by atoms with van der Waals surface area (Å²) in [6.07, 6.45) is 12.5. The number of amides is 2. The van der Waals surface area contributed by atoms with E-state index in [0.29, 0.717) is 0 Å². The predicted molar refractivity (Wildman–Crippen MR) is 102 cm³/mol. The second-order valence-corrected chi connectivity index (χ2v) is 6.48. The summed E-state index contributed by atoms with van der Waals surface area (Å²) in [7, 11) is 0. The Bertz CT molecular complexity index is 494. The fraction of sp³-hybridized carbons (Fsp3) is 0.600. The van der Waals surface area contributed by atoms with E-state index in [4.69, 9.17) is 5.73 Å². The summed E-state index contributed by atoms with van der Waals surface area (Å²) in [6, 6.07) is 7.60.